The molecule has 0 fully saturated rings. The van der Waals surface area contributed by atoms with Crippen molar-refractivity contribution < 1.29 is 9.55 Å². The van der Waals surface area contributed by atoms with Crippen LogP contribution in [0, 0.1) is 10.1 Å². The maximum Gasteiger partial charge on any atom is 0.297 e. The number of para-hydroxylation sites is 1. The summed E-state index contributed by atoms with van der Waals surface area (Å²) in [5, 5.41) is 18.1. The topological polar surface area (TPSA) is 126 Å². The van der Waals surface area contributed by atoms with Crippen molar-refractivity contribution in [3.63, 3.8) is 0 Å². The predicted molar refractivity (Wildman–Crippen MR) is 65.1 cm³/mol. The van der Waals surface area contributed by atoms with Gasteiger partial charge < -0.3 is 10.3 Å². The Kier molecular flexibility index (Phi) is 2.21. The molecule has 0 unspecified atom stereocenters. The minimum atomic E-state index is -0.483. The van der Waals surface area contributed by atoms with Crippen molar-refractivity contribution in [2.45, 2.75) is 0 Å². The van der Waals surface area contributed by atoms with Crippen molar-refractivity contribution in [2.24, 2.45) is 7.05 Å². The lowest BCUT2D eigenvalue weighted by Crippen LogP contribution is -1.96. The van der Waals surface area contributed by atoms with Crippen LogP contribution in [0.3, 0.4) is 0 Å². The predicted octanol–water partition coefficient (Wildman–Crippen LogP) is 1.11. The highest BCUT2D eigenvalue weighted by atomic mass is 16.6. The van der Waals surface area contributed by atoms with Crippen molar-refractivity contribution in [1.29, 1.82) is 0 Å². The second-order valence-electron chi connectivity index (χ2n) is 3.89. The van der Waals surface area contributed by atoms with Crippen LogP contribution in [0.2, 0.25) is 0 Å². The molecule has 0 radical (unpaired) electrons. The number of hydrogen-bond acceptors (Lipinski definition) is 7. The van der Waals surface area contributed by atoms with Crippen molar-refractivity contribution in [2.75, 3.05) is 5.73 Å². The summed E-state index contributed by atoms with van der Waals surface area (Å²) in [5.74, 6) is 0.448. The largest absolute Gasteiger partial charge is 0.379 e. The molecule has 0 amide bonds. The standard InChI is InChI=1S/C10H8N6O3/c1-15-5-3-2-4-6(16(17)18)7(5)12-10(15)8-9(11)14-19-13-8/h2-4H,1H3,(H2,11,14). The Morgan fingerprint density at radius 1 is 1.42 bits per heavy atom. The number of benzene rings is 1. The molecular formula is C10H8N6O3. The van der Waals surface area contributed by atoms with Gasteiger partial charge in [-0.3, -0.25) is 10.1 Å². The number of imidazole rings is 1. The first-order valence-electron chi connectivity index (χ1n) is 5.28. The highest BCUT2D eigenvalue weighted by Crippen LogP contribution is 2.30. The van der Waals surface area contributed by atoms with Gasteiger partial charge >= 0.3 is 0 Å². The molecule has 0 saturated heterocycles. The number of nitro benzene ring substituents is 1. The van der Waals surface area contributed by atoms with Crippen LogP contribution < -0.4 is 5.73 Å². The number of aryl methyl sites for hydroxylation is 1. The van der Waals surface area contributed by atoms with Crippen LogP contribution in [0.15, 0.2) is 22.8 Å². The summed E-state index contributed by atoms with van der Waals surface area (Å²) >= 11 is 0. The van der Waals surface area contributed by atoms with Gasteiger partial charge in [0.1, 0.15) is 0 Å². The number of nitrogens with zero attached hydrogens (tertiary/aromatic N) is 5. The van der Waals surface area contributed by atoms with E-state index in [1.54, 1.807) is 23.7 Å². The molecule has 0 saturated carbocycles. The van der Waals surface area contributed by atoms with Gasteiger partial charge in [0, 0.05) is 13.1 Å². The van der Waals surface area contributed by atoms with Crippen LogP contribution in [0.5, 0.6) is 0 Å². The number of nitrogens with two attached hydrogens (primary N) is 1. The van der Waals surface area contributed by atoms with Gasteiger partial charge in [0.25, 0.3) is 5.69 Å². The van der Waals surface area contributed by atoms with Crippen LogP contribution >= 0.6 is 0 Å². The second-order valence-corrected chi connectivity index (χ2v) is 3.89. The number of hydrogen-bond donors (Lipinski definition) is 1. The Balaban J connectivity index is 2.35. The molecule has 2 N–H and O–H groups in total. The summed E-state index contributed by atoms with van der Waals surface area (Å²) in [5.41, 5.74) is 6.66. The molecule has 96 valence electrons. The Hall–Kier alpha value is -2.97. The van der Waals surface area contributed by atoms with E-state index in [1.165, 1.54) is 6.07 Å². The third-order valence-electron chi connectivity index (χ3n) is 2.81. The van der Waals surface area contributed by atoms with Gasteiger partial charge in [-0.05, 0) is 16.4 Å². The van der Waals surface area contributed by atoms with Crippen LogP contribution in [0.4, 0.5) is 11.5 Å². The number of non-ortho nitro benzene ring substituents is 1. The number of nitrogen functional groups attached to an aromatic ring is 1. The molecule has 2 aromatic heterocycles. The van der Waals surface area contributed by atoms with E-state index < -0.39 is 4.92 Å². The monoisotopic (exact) mass is 260 g/mol. The molecular weight excluding hydrogens is 252 g/mol. The first-order valence-corrected chi connectivity index (χ1v) is 5.28. The third kappa shape index (κ3) is 1.52. The highest BCUT2D eigenvalue weighted by molar-refractivity contribution is 5.88. The molecule has 3 aromatic rings. The Morgan fingerprint density at radius 2 is 2.21 bits per heavy atom. The smallest absolute Gasteiger partial charge is 0.297 e. The molecule has 1 aromatic carbocycles. The lowest BCUT2D eigenvalue weighted by Gasteiger charge is -1.97. The molecule has 9 nitrogen and oxygen atoms in total. The van der Waals surface area contributed by atoms with Gasteiger partial charge in [-0.2, -0.15) is 0 Å². The van der Waals surface area contributed by atoms with E-state index in [0.717, 1.165) is 0 Å². The summed E-state index contributed by atoms with van der Waals surface area (Å²) in [6.45, 7) is 0. The molecule has 2 heterocycles. The molecule has 0 aliphatic heterocycles. The molecule has 0 spiro atoms. The molecule has 0 atom stereocenters. The van der Waals surface area contributed by atoms with Gasteiger partial charge in [0.2, 0.25) is 0 Å². The quantitative estimate of drug-likeness (QED) is 0.540. The number of aromatic nitrogens is 4. The van der Waals surface area contributed by atoms with Crippen molar-refractivity contribution in [3.05, 3.63) is 28.3 Å². The summed E-state index contributed by atoms with van der Waals surface area (Å²) in [6.07, 6.45) is 0. The van der Waals surface area contributed by atoms with Gasteiger partial charge in [-0.1, -0.05) is 6.07 Å². The van der Waals surface area contributed by atoms with E-state index >= 15 is 0 Å². The molecule has 0 aliphatic carbocycles. The SMILES string of the molecule is Cn1c(-c2nonc2N)nc2c([N+](=O)[O-])cccc21. The maximum atomic E-state index is 11.0. The second kappa shape index (κ2) is 3.77. The Morgan fingerprint density at radius 3 is 2.84 bits per heavy atom. The molecule has 0 aliphatic rings. The van der Waals surface area contributed by atoms with E-state index in [4.69, 9.17) is 5.73 Å². The fourth-order valence-electron chi connectivity index (χ4n) is 1.91. The first-order chi connectivity index (χ1) is 9.09. The van der Waals surface area contributed by atoms with E-state index in [2.05, 4.69) is 19.9 Å². The van der Waals surface area contributed by atoms with Crippen LogP contribution in [0.1, 0.15) is 0 Å². The average molecular weight is 260 g/mol. The van der Waals surface area contributed by atoms with Gasteiger partial charge in [0.05, 0.1) is 10.4 Å². The fourth-order valence-corrected chi connectivity index (χ4v) is 1.91. The van der Waals surface area contributed by atoms with Crippen LogP contribution in [-0.4, -0.2) is 24.8 Å². The zero-order valence-electron chi connectivity index (χ0n) is 9.77. The maximum absolute atomic E-state index is 11.0. The Labute approximate surface area is 105 Å². The number of anilines is 1. The first kappa shape index (κ1) is 11.1. The van der Waals surface area contributed by atoms with E-state index in [9.17, 15) is 10.1 Å². The minimum Gasteiger partial charge on any atom is -0.379 e. The average Bonchev–Trinajstić information content (AvgIpc) is 2.93. The zero-order chi connectivity index (χ0) is 13.6. The summed E-state index contributed by atoms with van der Waals surface area (Å²) in [4.78, 5) is 14.7. The van der Waals surface area contributed by atoms with E-state index in [-0.39, 0.29) is 22.7 Å². The Bertz CT molecular complexity index is 790. The zero-order valence-corrected chi connectivity index (χ0v) is 9.77. The van der Waals surface area contributed by atoms with Crippen molar-refractivity contribution in [3.8, 4) is 11.5 Å². The summed E-state index contributed by atoms with van der Waals surface area (Å²) < 4.78 is 6.17. The van der Waals surface area contributed by atoms with Crippen LogP contribution in [0.25, 0.3) is 22.6 Å². The highest BCUT2D eigenvalue weighted by Gasteiger charge is 2.22. The van der Waals surface area contributed by atoms with Crippen LogP contribution in [-0.2, 0) is 7.05 Å². The third-order valence-corrected chi connectivity index (χ3v) is 2.81. The van der Waals surface area contributed by atoms with E-state index in [1.807, 2.05) is 0 Å². The van der Waals surface area contributed by atoms with E-state index in [0.29, 0.717) is 11.3 Å². The minimum absolute atomic E-state index is 0.0747. The molecule has 19 heavy (non-hydrogen) atoms. The number of rotatable bonds is 2. The summed E-state index contributed by atoms with van der Waals surface area (Å²) in [6, 6.07) is 4.71. The lowest BCUT2D eigenvalue weighted by molar-refractivity contribution is -0.383. The molecule has 9 heteroatoms. The molecule has 3 rings (SSSR count). The van der Waals surface area contributed by atoms with Gasteiger partial charge in [0.15, 0.2) is 22.9 Å². The van der Waals surface area contributed by atoms with Gasteiger partial charge in [-0.25, -0.2) is 9.61 Å². The lowest BCUT2D eigenvalue weighted by atomic mass is 10.3. The number of fused-ring (bicyclic) bond motifs is 1. The van der Waals surface area contributed by atoms with Crippen molar-refractivity contribution >= 4 is 22.5 Å². The normalized spacial score (nSPS) is 11.0. The van der Waals surface area contributed by atoms with Gasteiger partial charge in [-0.15, -0.1) is 0 Å². The van der Waals surface area contributed by atoms with Crippen molar-refractivity contribution in [1.82, 2.24) is 19.9 Å². The summed E-state index contributed by atoms with van der Waals surface area (Å²) in [7, 11) is 1.71. The molecule has 0 bridgehead atoms. The number of nitro groups is 1. The fraction of sp³-hybridized carbons (Fsp3) is 0.100.